The third-order valence-electron chi connectivity index (χ3n) is 4.03. The maximum Gasteiger partial charge on any atom is 0.0966 e. The van der Waals surface area contributed by atoms with E-state index in [0.717, 1.165) is 39.0 Å². The molecule has 2 rings (SSSR count). The summed E-state index contributed by atoms with van der Waals surface area (Å²) in [5.41, 5.74) is 6.85. The number of aryl methyl sites for hydroxylation is 1. The quantitative estimate of drug-likeness (QED) is 0.626. The number of hydrogen-bond acceptors (Lipinski definition) is 3. The maximum atomic E-state index is 7.65. The van der Waals surface area contributed by atoms with Crippen molar-refractivity contribution in [3.05, 3.63) is 18.0 Å². The number of nitrogens with zero attached hydrogens (tertiary/aromatic N) is 3. The Kier molecular flexibility index (Phi) is 3.71. The van der Waals surface area contributed by atoms with Crippen LogP contribution >= 0.6 is 0 Å². The average Bonchev–Trinajstić information content (AvgIpc) is 2.80. The van der Waals surface area contributed by atoms with E-state index in [1.165, 1.54) is 5.56 Å². The molecule has 0 atom stereocenters. The molecule has 0 bridgehead atoms. The molecule has 100 valence electrons. The summed E-state index contributed by atoms with van der Waals surface area (Å²) in [5, 5.41) is 11.9. The summed E-state index contributed by atoms with van der Waals surface area (Å²) in [4.78, 5) is 2.42. The number of aromatic nitrogens is 2. The van der Waals surface area contributed by atoms with Crippen LogP contribution in [0.3, 0.4) is 0 Å². The van der Waals surface area contributed by atoms with Gasteiger partial charge in [0.1, 0.15) is 0 Å². The molecule has 0 saturated carbocycles. The molecule has 1 aromatic heterocycles. The number of nitrogens with two attached hydrogens (primary N) is 1. The van der Waals surface area contributed by atoms with Crippen LogP contribution in [0.5, 0.6) is 0 Å². The molecule has 2 heterocycles. The fourth-order valence-corrected chi connectivity index (χ4v) is 2.39. The van der Waals surface area contributed by atoms with Gasteiger partial charge in [-0.05, 0) is 32.9 Å². The first-order chi connectivity index (χ1) is 8.53. The van der Waals surface area contributed by atoms with Crippen LogP contribution in [0.4, 0.5) is 0 Å². The predicted molar refractivity (Wildman–Crippen MR) is 72.4 cm³/mol. The third-order valence-corrected chi connectivity index (χ3v) is 4.03. The van der Waals surface area contributed by atoms with Crippen molar-refractivity contribution >= 4 is 5.84 Å². The fraction of sp³-hybridized carbons (Fsp3) is 0.692. The Labute approximate surface area is 108 Å². The highest BCUT2D eigenvalue weighted by molar-refractivity contribution is 5.83. The molecule has 1 aromatic rings. The van der Waals surface area contributed by atoms with E-state index in [4.69, 9.17) is 11.1 Å². The second-order valence-corrected chi connectivity index (χ2v) is 5.45. The van der Waals surface area contributed by atoms with Gasteiger partial charge in [-0.3, -0.25) is 15.0 Å². The monoisotopic (exact) mass is 249 g/mol. The van der Waals surface area contributed by atoms with Crippen molar-refractivity contribution in [3.8, 4) is 0 Å². The smallest absolute Gasteiger partial charge is 0.0966 e. The first-order valence-corrected chi connectivity index (χ1v) is 6.62. The number of amidine groups is 1. The molecule has 1 aliphatic rings. The molecule has 0 aliphatic carbocycles. The van der Waals surface area contributed by atoms with Crippen molar-refractivity contribution in [2.24, 2.45) is 11.1 Å². The molecule has 1 saturated heterocycles. The Morgan fingerprint density at radius 1 is 1.50 bits per heavy atom. The van der Waals surface area contributed by atoms with E-state index in [9.17, 15) is 0 Å². The zero-order chi connectivity index (χ0) is 13.2. The minimum absolute atomic E-state index is 0.0932. The molecule has 0 spiro atoms. The Balaban J connectivity index is 1.89. The van der Waals surface area contributed by atoms with Crippen LogP contribution in [-0.2, 0) is 13.1 Å². The number of rotatable bonds is 4. The lowest BCUT2D eigenvalue weighted by Crippen LogP contribution is -2.44. The van der Waals surface area contributed by atoms with Crippen molar-refractivity contribution in [1.29, 1.82) is 5.41 Å². The second kappa shape index (κ2) is 5.10. The van der Waals surface area contributed by atoms with Gasteiger partial charge in [0.2, 0.25) is 0 Å². The van der Waals surface area contributed by atoms with Gasteiger partial charge in [0.25, 0.3) is 0 Å². The van der Waals surface area contributed by atoms with E-state index in [1.54, 1.807) is 0 Å². The number of nitrogens with one attached hydrogen (secondary N) is 1. The van der Waals surface area contributed by atoms with E-state index in [0.29, 0.717) is 5.84 Å². The predicted octanol–water partition coefficient (Wildman–Crippen LogP) is 1.44. The molecule has 18 heavy (non-hydrogen) atoms. The van der Waals surface area contributed by atoms with Gasteiger partial charge in [0.05, 0.1) is 12.0 Å². The van der Waals surface area contributed by atoms with E-state index in [1.807, 2.05) is 10.9 Å². The van der Waals surface area contributed by atoms with Gasteiger partial charge in [-0.2, -0.15) is 5.10 Å². The average molecular weight is 249 g/mol. The van der Waals surface area contributed by atoms with E-state index in [-0.39, 0.29) is 5.41 Å². The van der Waals surface area contributed by atoms with E-state index >= 15 is 0 Å². The van der Waals surface area contributed by atoms with Crippen molar-refractivity contribution in [1.82, 2.24) is 14.7 Å². The minimum atomic E-state index is -0.0932. The normalized spacial score (nSPS) is 19.9. The Bertz CT molecular complexity index is 415. The molecule has 0 radical (unpaired) electrons. The Hall–Kier alpha value is -1.36. The number of likely N-dealkylation sites (tertiary alicyclic amines) is 1. The van der Waals surface area contributed by atoms with Crippen LogP contribution in [0.25, 0.3) is 0 Å². The first kappa shape index (κ1) is 13.1. The van der Waals surface area contributed by atoms with Crippen molar-refractivity contribution in [2.45, 2.75) is 39.8 Å². The lowest BCUT2D eigenvalue weighted by molar-refractivity contribution is 0.156. The van der Waals surface area contributed by atoms with Gasteiger partial charge in [-0.25, -0.2) is 0 Å². The Morgan fingerprint density at radius 2 is 2.17 bits per heavy atom. The molecule has 0 amide bonds. The van der Waals surface area contributed by atoms with E-state index in [2.05, 4.69) is 30.0 Å². The number of hydrogen-bond donors (Lipinski definition) is 2. The van der Waals surface area contributed by atoms with Gasteiger partial charge in [0, 0.05) is 30.3 Å². The SMILES string of the molecule is CCn1cc(CN2CCC(C)(C(=N)N)CC2)cn1. The Morgan fingerprint density at radius 3 is 2.67 bits per heavy atom. The highest BCUT2D eigenvalue weighted by atomic mass is 15.3. The summed E-state index contributed by atoms with van der Waals surface area (Å²) in [5.74, 6) is 0.334. The lowest BCUT2D eigenvalue weighted by atomic mass is 9.79. The fourth-order valence-electron chi connectivity index (χ4n) is 2.39. The van der Waals surface area contributed by atoms with Gasteiger partial charge in [-0.15, -0.1) is 0 Å². The van der Waals surface area contributed by atoms with Crippen LogP contribution < -0.4 is 5.73 Å². The molecule has 5 nitrogen and oxygen atoms in total. The maximum absolute atomic E-state index is 7.65. The zero-order valence-corrected chi connectivity index (χ0v) is 11.3. The van der Waals surface area contributed by atoms with Crippen molar-refractivity contribution in [3.63, 3.8) is 0 Å². The molecule has 0 unspecified atom stereocenters. The highest BCUT2D eigenvalue weighted by Gasteiger charge is 2.32. The summed E-state index contributed by atoms with van der Waals surface area (Å²) >= 11 is 0. The van der Waals surface area contributed by atoms with Crippen LogP contribution in [0.1, 0.15) is 32.3 Å². The molecule has 1 fully saturated rings. The molecule has 1 aliphatic heterocycles. The summed E-state index contributed by atoms with van der Waals surface area (Å²) in [7, 11) is 0. The molecule has 0 aromatic carbocycles. The minimum Gasteiger partial charge on any atom is -0.387 e. The van der Waals surface area contributed by atoms with Crippen molar-refractivity contribution < 1.29 is 0 Å². The van der Waals surface area contributed by atoms with Gasteiger partial charge >= 0.3 is 0 Å². The van der Waals surface area contributed by atoms with Gasteiger partial charge < -0.3 is 5.73 Å². The molecule has 3 N–H and O–H groups in total. The van der Waals surface area contributed by atoms with Crippen LogP contribution in [0.2, 0.25) is 0 Å². The standard InChI is InChI=1S/C13H23N5/c1-3-18-10-11(8-16-18)9-17-6-4-13(2,5-7-17)12(14)15/h8,10H,3-7,9H2,1-2H3,(H3,14,15). The molecular formula is C13H23N5. The summed E-state index contributed by atoms with van der Waals surface area (Å²) in [6.07, 6.45) is 6.01. The highest BCUT2D eigenvalue weighted by Crippen LogP contribution is 2.30. The summed E-state index contributed by atoms with van der Waals surface area (Å²) < 4.78 is 1.96. The van der Waals surface area contributed by atoms with Crippen molar-refractivity contribution in [2.75, 3.05) is 13.1 Å². The largest absolute Gasteiger partial charge is 0.387 e. The summed E-state index contributed by atoms with van der Waals surface area (Å²) in [6.45, 7) is 8.08. The second-order valence-electron chi connectivity index (χ2n) is 5.45. The van der Waals surface area contributed by atoms with Gasteiger partial charge in [0.15, 0.2) is 0 Å². The van der Waals surface area contributed by atoms with Crippen LogP contribution in [-0.4, -0.2) is 33.6 Å². The molecular weight excluding hydrogens is 226 g/mol. The first-order valence-electron chi connectivity index (χ1n) is 6.62. The lowest BCUT2D eigenvalue weighted by Gasteiger charge is -2.38. The number of piperidine rings is 1. The summed E-state index contributed by atoms with van der Waals surface area (Å²) in [6, 6.07) is 0. The topological polar surface area (TPSA) is 70.9 Å². The van der Waals surface area contributed by atoms with Crippen LogP contribution in [0.15, 0.2) is 12.4 Å². The molecule has 5 heteroatoms. The van der Waals surface area contributed by atoms with Gasteiger partial charge in [-0.1, -0.05) is 6.92 Å². The third kappa shape index (κ3) is 2.72. The van der Waals surface area contributed by atoms with E-state index < -0.39 is 0 Å². The van der Waals surface area contributed by atoms with Crippen LogP contribution in [0, 0.1) is 10.8 Å². The zero-order valence-electron chi connectivity index (χ0n) is 11.3.